The molecular formula is C4H9NS2. The maximum atomic E-state index is 3.31. The lowest BCUT2D eigenvalue weighted by Crippen LogP contribution is -2.16. The van der Waals surface area contributed by atoms with Gasteiger partial charge in [0.1, 0.15) is 0 Å². The van der Waals surface area contributed by atoms with Gasteiger partial charge in [-0.2, -0.15) is 0 Å². The zero-order valence-electron chi connectivity index (χ0n) is 4.14. The van der Waals surface area contributed by atoms with Crippen LogP contribution in [0.4, 0.5) is 0 Å². The number of rotatable bonds is 0. The Balaban J connectivity index is 2.04. The molecule has 3 heteroatoms. The zero-order valence-corrected chi connectivity index (χ0v) is 5.78. The van der Waals surface area contributed by atoms with Gasteiger partial charge in [0.2, 0.25) is 0 Å². The third-order valence-electron chi connectivity index (χ3n) is 0.808. The Kier molecular flexibility index (Phi) is 3.01. The molecule has 0 aliphatic carbocycles. The molecule has 0 bridgehead atoms. The highest BCUT2D eigenvalue weighted by atomic mass is 33.1. The smallest absolute Gasteiger partial charge is 0.0162 e. The van der Waals surface area contributed by atoms with Crippen LogP contribution in [0.5, 0.6) is 0 Å². The van der Waals surface area contributed by atoms with E-state index in [1.165, 1.54) is 24.6 Å². The van der Waals surface area contributed by atoms with E-state index in [0.29, 0.717) is 0 Å². The fourth-order valence-corrected chi connectivity index (χ4v) is 2.37. The van der Waals surface area contributed by atoms with Crippen LogP contribution in [-0.4, -0.2) is 24.6 Å². The minimum atomic E-state index is 1.19. The standard InChI is InChI=1S/C4H9NS2/c1-3-6-7-4-2-5-1/h5H,1-4H2. The highest BCUT2D eigenvalue weighted by molar-refractivity contribution is 8.76. The summed E-state index contributed by atoms with van der Waals surface area (Å²) in [6.07, 6.45) is 0. The predicted octanol–water partition coefficient (Wildman–Crippen LogP) is 0.971. The first-order valence-corrected chi connectivity index (χ1v) is 4.94. The molecule has 1 aliphatic heterocycles. The largest absolute Gasteiger partial charge is 0.315 e. The second kappa shape index (κ2) is 3.64. The van der Waals surface area contributed by atoms with Gasteiger partial charge < -0.3 is 5.32 Å². The van der Waals surface area contributed by atoms with Gasteiger partial charge in [0.15, 0.2) is 0 Å². The molecule has 0 spiro atoms. The first-order valence-electron chi connectivity index (χ1n) is 2.45. The van der Waals surface area contributed by atoms with Crippen molar-refractivity contribution in [2.24, 2.45) is 0 Å². The van der Waals surface area contributed by atoms with E-state index in [0.717, 1.165) is 0 Å². The highest BCUT2D eigenvalue weighted by Crippen LogP contribution is 2.20. The van der Waals surface area contributed by atoms with Gasteiger partial charge in [0.25, 0.3) is 0 Å². The molecule has 1 nitrogen and oxygen atoms in total. The maximum Gasteiger partial charge on any atom is 0.0162 e. The second-order valence-electron chi connectivity index (χ2n) is 1.39. The van der Waals surface area contributed by atoms with Gasteiger partial charge >= 0.3 is 0 Å². The summed E-state index contributed by atoms with van der Waals surface area (Å²) in [5.74, 6) is 2.54. The summed E-state index contributed by atoms with van der Waals surface area (Å²) in [7, 11) is 3.94. The topological polar surface area (TPSA) is 12.0 Å². The third kappa shape index (κ3) is 2.46. The molecule has 1 fully saturated rings. The summed E-state index contributed by atoms with van der Waals surface area (Å²) in [4.78, 5) is 0. The van der Waals surface area contributed by atoms with Crippen molar-refractivity contribution in [2.75, 3.05) is 24.6 Å². The lowest BCUT2D eigenvalue weighted by atomic mass is 10.7. The zero-order chi connectivity index (χ0) is 4.95. The van der Waals surface area contributed by atoms with Crippen LogP contribution < -0.4 is 5.32 Å². The highest BCUT2D eigenvalue weighted by Gasteiger charge is 1.94. The van der Waals surface area contributed by atoms with Crippen LogP contribution in [0.25, 0.3) is 0 Å². The first kappa shape index (κ1) is 5.79. The minimum Gasteiger partial charge on any atom is -0.315 e. The van der Waals surface area contributed by atoms with E-state index < -0.39 is 0 Å². The molecule has 1 rings (SSSR count). The molecule has 1 aliphatic rings. The van der Waals surface area contributed by atoms with Crippen LogP contribution in [0, 0.1) is 0 Å². The molecule has 0 aromatic rings. The lowest BCUT2D eigenvalue weighted by Gasteiger charge is -1.90. The number of nitrogens with one attached hydrogen (secondary N) is 1. The van der Waals surface area contributed by atoms with Crippen molar-refractivity contribution in [1.82, 2.24) is 5.32 Å². The molecule has 0 unspecified atom stereocenters. The van der Waals surface area contributed by atoms with Gasteiger partial charge in [0, 0.05) is 24.6 Å². The van der Waals surface area contributed by atoms with E-state index in [1.54, 1.807) is 0 Å². The summed E-state index contributed by atoms with van der Waals surface area (Å²) in [5, 5.41) is 3.31. The quantitative estimate of drug-likeness (QED) is 0.497. The molecule has 0 aromatic heterocycles. The monoisotopic (exact) mass is 135 g/mol. The van der Waals surface area contributed by atoms with Crippen molar-refractivity contribution in [3.8, 4) is 0 Å². The van der Waals surface area contributed by atoms with Crippen molar-refractivity contribution in [2.45, 2.75) is 0 Å². The molecule has 0 amide bonds. The van der Waals surface area contributed by atoms with Crippen molar-refractivity contribution in [3.05, 3.63) is 0 Å². The van der Waals surface area contributed by atoms with Crippen LogP contribution >= 0.6 is 21.6 Å². The van der Waals surface area contributed by atoms with Crippen LogP contribution in [0.15, 0.2) is 0 Å². The van der Waals surface area contributed by atoms with Crippen LogP contribution in [0.3, 0.4) is 0 Å². The van der Waals surface area contributed by atoms with E-state index in [4.69, 9.17) is 0 Å². The Morgan fingerprint density at radius 1 is 1.00 bits per heavy atom. The SMILES string of the molecule is C1CSSCCN1. The summed E-state index contributed by atoms with van der Waals surface area (Å²) in [5.41, 5.74) is 0. The normalized spacial score (nSPS) is 24.0. The molecule has 1 saturated heterocycles. The Labute approximate surface area is 52.0 Å². The van der Waals surface area contributed by atoms with Crippen molar-refractivity contribution < 1.29 is 0 Å². The van der Waals surface area contributed by atoms with E-state index in [-0.39, 0.29) is 0 Å². The molecule has 0 atom stereocenters. The summed E-state index contributed by atoms with van der Waals surface area (Å²) < 4.78 is 0. The summed E-state index contributed by atoms with van der Waals surface area (Å²) in [6.45, 7) is 2.38. The van der Waals surface area contributed by atoms with Crippen molar-refractivity contribution in [1.29, 1.82) is 0 Å². The fraction of sp³-hybridized carbons (Fsp3) is 1.00. The van der Waals surface area contributed by atoms with Gasteiger partial charge in [0.05, 0.1) is 0 Å². The van der Waals surface area contributed by atoms with Crippen LogP contribution in [0.2, 0.25) is 0 Å². The Morgan fingerprint density at radius 2 is 1.57 bits per heavy atom. The molecule has 0 radical (unpaired) electrons. The van der Waals surface area contributed by atoms with Gasteiger partial charge in [-0.05, 0) is 0 Å². The van der Waals surface area contributed by atoms with Crippen LogP contribution in [-0.2, 0) is 0 Å². The van der Waals surface area contributed by atoms with Gasteiger partial charge in [-0.25, -0.2) is 0 Å². The predicted molar refractivity (Wildman–Crippen MR) is 37.8 cm³/mol. The van der Waals surface area contributed by atoms with E-state index in [9.17, 15) is 0 Å². The van der Waals surface area contributed by atoms with Crippen molar-refractivity contribution in [3.63, 3.8) is 0 Å². The summed E-state index contributed by atoms with van der Waals surface area (Å²) in [6, 6.07) is 0. The average Bonchev–Trinajstić information content (AvgIpc) is 1.90. The molecule has 42 valence electrons. The molecule has 0 aromatic carbocycles. The number of hydrogen-bond donors (Lipinski definition) is 1. The first-order chi connectivity index (χ1) is 3.50. The Hall–Kier alpha value is 0.660. The minimum absolute atomic E-state index is 1.19. The van der Waals surface area contributed by atoms with Gasteiger partial charge in [-0.3, -0.25) is 0 Å². The Morgan fingerprint density at radius 3 is 2.14 bits per heavy atom. The van der Waals surface area contributed by atoms with Crippen LogP contribution in [0.1, 0.15) is 0 Å². The molecule has 1 heterocycles. The molecule has 0 saturated carbocycles. The average molecular weight is 135 g/mol. The lowest BCUT2D eigenvalue weighted by molar-refractivity contribution is 0.779. The summed E-state index contributed by atoms with van der Waals surface area (Å²) >= 11 is 0. The van der Waals surface area contributed by atoms with E-state index >= 15 is 0 Å². The van der Waals surface area contributed by atoms with E-state index in [2.05, 4.69) is 5.32 Å². The maximum absolute atomic E-state index is 3.31. The molecule has 1 N–H and O–H groups in total. The van der Waals surface area contributed by atoms with Crippen molar-refractivity contribution >= 4 is 21.6 Å². The van der Waals surface area contributed by atoms with E-state index in [1.807, 2.05) is 21.6 Å². The molecular weight excluding hydrogens is 126 g/mol. The number of hydrogen-bond acceptors (Lipinski definition) is 3. The third-order valence-corrected chi connectivity index (χ3v) is 3.22. The molecule has 7 heavy (non-hydrogen) atoms. The fourth-order valence-electron chi connectivity index (χ4n) is 0.471. The second-order valence-corrected chi connectivity index (χ2v) is 4.10. The van der Waals surface area contributed by atoms with Gasteiger partial charge in [-0.15, -0.1) is 0 Å². The Bertz CT molecular complexity index is 29.3. The van der Waals surface area contributed by atoms with Gasteiger partial charge in [-0.1, -0.05) is 21.6 Å².